The normalized spacial score (nSPS) is 10.0. The molecule has 60 valence electrons. The quantitative estimate of drug-likeness (QED) is 0.750. The minimum Gasteiger partial charge on any atom is -0.376 e. The molecular weight excluding hydrogens is 230 g/mol. The van der Waals surface area contributed by atoms with Crippen molar-refractivity contribution < 1.29 is 9.53 Å². The molecule has 0 atom stereocenters. The van der Waals surface area contributed by atoms with Gasteiger partial charge in [-0.3, -0.25) is 4.79 Å². The Morgan fingerprint density at radius 2 is 2.64 bits per heavy atom. The molecule has 0 saturated carbocycles. The second-order valence-electron chi connectivity index (χ2n) is 1.83. The van der Waals surface area contributed by atoms with E-state index in [1.807, 2.05) is 0 Å². The fourth-order valence-corrected chi connectivity index (χ4v) is 1.77. The van der Waals surface area contributed by atoms with Gasteiger partial charge < -0.3 is 4.74 Å². The van der Waals surface area contributed by atoms with E-state index in [0.29, 0.717) is 4.88 Å². The summed E-state index contributed by atoms with van der Waals surface area (Å²) in [5, 5.41) is 0. The van der Waals surface area contributed by atoms with Gasteiger partial charge in [0.15, 0.2) is 9.70 Å². The Labute approximate surface area is 76.5 Å². The van der Waals surface area contributed by atoms with E-state index >= 15 is 0 Å². The van der Waals surface area contributed by atoms with Crippen LogP contribution in [0.25, 0.3) is 0 Å². The first-order chi connectivity index (χ1) is 5.24. The highest BCUT2D eigenvalue weighted by Gasteiger charge is 2.07. The van der Waals surface area contributed by atoms with Gasteiger partial charge >= 0.3 is 0 Å². The summed E-state index contributed by atoms with van der Waals surface area (Å²) in [4.78, 5) is 15.6. The van der Waals surface area contributed by atoms with Crippen molar-refractivity contribution in [2.45, 2.75) is 0 Å². The highest BCUT2D eigenvalue weighted by atomic mass is 79.9. The van der Waals surface area contributed by atoms with Crippen molar-refractivity contribution in [3.63, 3.8) is 0 Å². The van der Waals surface area contributed by atoms with Crippen LogP contribution >= 0.6 is 27.3 Å². The van der Waals surface area contributed by atoms with Crippen molar-refractivity contribution in [2.75, 3.05) is 13.7 Å². The van der Waals surface area contributed by atoms with E-state index in [4.69, 9.17) is 0 Å². The second-order valence-corrected chi connectivity index (χ2v) is 4.14. The number of Topliss-reactive ketones (excluding diaryl/α,β-unsaturated/α-hetero) is 1. The first-order valence-electron chi connectivity index (χ1n) is 2.87. The molecule has 0 unspecified atom stereocenters. The van der Waals surface area contributed by atoms with E-state index in [1.54, 1.807) is 0 Å². The number of carbonyl (C=O) groups is 1. The van der Waals surface area contributed by atoms with Gasteiger partial charge in [0.25, 0.3) is 0 Å². The van der Waals surface area contributed by atoms with E-state index in [9.17, 15) is 4.79 Å². The lowest BCUT2D eigenvalue weighted by Gasteiger charge is -1.91. The number of ketones is 1. The fourth-order valence-electron chi connectivity index (χ4n) is 0.584. The number of halogens is 1. The molecular formula is C6H6BrNO2S. The smallest absolute Gasteiger partial charge is 0.200 e. The van der Waals surface area contributed by atoms with E-state index in [0.717, 1.165) is 3.92 Å². The molecule has 1 rings (SSSR count). The van der Waals surface area contributed by atoms with E-state index in [1.165, 1.54) is 24.6 Å². The van der Waals surface area contributed by atoms with Gasteiger partial charge in [0.1, 0.15) is 6.61 Å². The van der Waals surface area contributed by atoms with Crippen molar-refractivity contribution in [3.05, 3.63) is 15.0 Å². The van der Waals surface area contributed by atoms with Crippen LogP contribution < -0.4 is 0 Å². The zero-order valence-corrected chi connectivity index (χ0v) is 8.24. The minimum atomic E-state index is -0.0318. The molecule has 1 heterocycles. The lowest BCUT2D eigenvalue weighted by Crippen LogP contribution is -2.04. The van der Waals surface area contributed by atoms with Gasteiger partial charge in [-0.15, -0.1) is 11.3 Å². The van der Waals surface area contributed by atoms with Crippen LogP contribution in [0.2, 0.25) is 0 Å². The monoisotopic (exact) mass is 235 g/mol. The van der Waals surface area contributed by atoms with Gasteiger partial charge in [0.05, 0.1) is 11.1 Å². The zero-order chi connectivity index (χ0) is 8.27. The summed E-state index contributed by atoms with van der Waals surface area (Å²) in [6.45, 7) is 0.120. The number of nitrogens with zero attached hydrogens (tertiary/aromatic N) is 1. The Hall–Kier alpha value is -0.260. The molecule has 0 spiro atoms. The molecule has 0 amide bonds. The average molecular weight is 236 g/mol. The number of aromatic nitrogens is 1. The highest BCUT2D eigenvalue weighted by Crippen LogP contribution is 2.18. The maximum atomic E-state index is 11.1. The number of thiazole rings is 1. The summed E-state index contributed by atoms with van der Waals surface area (Å²) in [7, 11) is 1.49. The first kappa shape index (κ1) is 8.83. The summed E-state index contributed by atoms with van der Waals surface area (Å²) in [6, 6.07) is 0. The number of hydrogen-bond donors (Lipinski definition) is 0. The van der Waals surface area contributed by atoms with E-state index in [2.05, 4.69) is 25.7 Å². The zero-order valence-electron chi connectivity index (χ0n) is 5.83. The first-order valence-corrected chi connectivity index (χ1v) is 4.48. The molecule has 0 fully saturated rings. The van der Waals surface area contributed by atoms with Gasteiger partial charge in [0, 0.05) is 7.11 Å². The summed E-state index contributed by atoms with van der Waals surface area (Å²) < 4.78 is 5.40. The number of carbonyl (C=O) groups excluding carboxylic acids is 1. The second kappa shape index (κ2) is 3.94. The number of rotatable bonds is 3. The predicted molar refractivity (Wildman–Crippen MR) is 46.0 cm³/mol. The largest absolute Gasteiger partial charge is 0.376 e. The van der Waals surface area contributed by atoms with Crippen LogP contribution in [-0.2, 0) is 4.74 Å². The maximum absolute atomic E-state index is 11.1. The number of methoxy groups -OCH3 is 1. The van der Waals surface area contributed by atoms with Gasteiger partial charge in [-0.2, -0.15) is 0 Å². The molecule has 0 aliphatic carbocycles. The van der Waals surface area contributed by atoms with Gasteiger partial charge in [-0.1, -0.05) is 0 Å². The van der Waals surface area contributed by atoms with Crippen LogP contribution in [0.5, 0.6) is 0 Å². The predicted octanol–water partition coefficient (Wildman–Crippen LogP) is 1.73. The Morgan fingerprint density at radius 1 is 1.91 bits per heavy atom. The van der Waals surface area contributed by atoms with Crippen LogP contribution in [0.4, 0.5) is 0 Å². The summed E-state index contributed by atoms with van der Waals surface area (Å²) in [5.74, 6) is -0.0318. The van der Waals surface area contributed by atoms with Crippen molar-refractivity contribution in [1.29, 1.82) is 0 Å². The van der Waals surface area contributed by atoms with Crippen molar-refractivity contribution in [3.8, 4) is 0 Å². The molecule has 0 saturated heterocycles. The van der Waals surface area contributed by atoms with Crippen molar-refractivity contribution in [2.24, 2.45) is 0 Å². The third kappa shape index (κ3) is 2.36. The third-order valence-electron chi connectivity index (χ3n) is 1.03. The standard InChI is InChI=1S/C6H6BrNO2S/c1-10-3-4(9)5-2-8-6(7)11-5/h2H,3H2,1H3. The molecule has 5 heteroatoms. The summed E-state index contributed by atoms with van der Waals surface area (Å²) >= 11 is 4.48. The van der Waals surface area contributed by atoms with Gasteiger partial charge in [-0.25, -0.2) is 4.98 Å². The van der Waals surface area contributed by atoms with Crippen LogP contribution in [0, 0.1) is 0 Å². The molecule has 0 N–H and O–H groups in total. The Morgan fingerprint density at radius 3 is 3.09 bits per heavy atom. The maximum Gasteiger partial charge on any atom is 0.200 e. The van der Waals surface area contributed by atoms with Crippen LogP contribution in [0.3, 0.4) is 0 Å². The topological polar surface area (TPSA) is 39.2 Å². The Kier molecular flexibility index (Phi) is 3.16. The molecule has 0 bridgehead atoms. The molecule has 0 aromatic carbocycles. The lowest BCUT2D eigenvalue weighted by atomic mass is 10.4. The fraction of sp³-hybridized carbons (Fsp3) is 0.333. The number of hydrogen-bond acceptors (Lipinski definition) is 4. The molecule has 0 aliphatic heterocycles. The molecule has 11 heavy (non-hydrogen) atoms. The lowest BCUT2D eigenvalue weighted by molar-refractivity contribution is 0.0852. The Balaban J connectivity index is 2.69. The van der Waals surface area contributed by atoms with Gasteiger partial charge in [-0.05, 0) is 15.9 Å². The van der Waals surface area contributed by atoms with Crippen LogP contribution in [-0.4, -0.2) is 24.5 Å². The Bertz CT molecular complexity index is 261. The highest BCUT2D eigenvalue weighted by molar-refractivity contribution is 9.11. The summed E-state index contributed by atoms with van der Waals surface area (Å²) in [5.41, 5.74) is 0. The molecule has 1 aromatic heterocycles. The summed E-state index contributed by atoms with van der Waals surface area (Å²) in [6.07, 6.45) is 1.54. The molecule has 1 aromatic rings. The third-order valence-corrected chi connectivity index (χ3v) is 2.54. The van der Waals surface area contributed by atoms with Crippen molar-refractivity contribution in [1.82, 2.24) is 4.98 Å². The minimum absolute atomic E-state index is 0.0318. The van der Waals surface area contributed by atoms with Gasteiger partial charge in [0.2, 0.25) is 0 Å². The molecule has 0 aliphatic rings. The van der Waals surface area contributed by atoms with Crippen LogP contribution in [0.15, 0.2) is 10.1 Å². The average Bonchev–Trinajstić information content (AvgIpc) is 2.36. The van der Waals surface area contributed by atoms with E-state index in [-0.39, 0.29) is 12.4 Å². The van der Waals surface area contributed by atoms with E-state index < -0.39 is 0 Å². The molecule has 0 radical (unpaired) electrons. The molecule has 3 nitrogen and oxygen atoms in total. The van der Waals surface area contributed by atoms with Crippen molar-refractivity contribution >= 4 is 33.0 Å². The van der Waals surface area contributed by atoms with Crippen LogP contribution in [0.1, 0.15) is 9.67 Å². The SMILES string of the molecule is COCC(=O)c1cnc(Br)s1. The number of ether oxygens (including phenoxy) is 1.